The van der Waals surface area contributed by atoms with Crippen LogP contribution in [-0.2, 0) is 14.3 Å². The first-order valence-corrected chi connectivity index (χ1v) is 12.7. The van der Waals surface area contributed by atoms with Crippen molar-refractivity contribution in [2.24, 2.45) is 11.3 Å². The van der Waals surface area contributed by atoms with Crippen LogP contribution in [-0.4, -0.2) is 58.4 Å². The lowest BCUT2D eigenvalue weighted by Gasteiger charge is -2.60. The monoisotopic (exact) mass is 452 g/mol. The summed E-state index contributed by atoms with van der Waals surface area (Å²) >= 11 is 0. The van der Waals surface area contributed by atoms with Crippen LogP contribution in [0.4, 0.5) is 0 Å². The molecule has 1 atom stereocenters. The summed E-state index contributed by atoms with van der Waals surface area (Å²) in [6.45, 7) is 28.2. The number of ketones is 1. The predicted octanol–water partition coefficient (Wildman–Crippen LogP) is 5.56. The molecule has 188 valence electrons. The van der Waals surface area contributed by atoms with E-state index in [1.165, 1.54) is 0 Å². The average Bonchev–Trinajstić information content (AvgIpc) is 2.57. The van der Waals surface area contributed by atoms with E-state index in [4.69, 9.17) is 9.47 Å². The predicted molar refractivity (Wildman–Crippen MR) is 133 cm³/mol. The molecule has 2 aliphatic heterocycles. The van der Waals surface area contributed by atoms with Gasteiger partial charge in [0.05, 0.1) is 18.8 Å². The standard InChI is InChI=1S/C27H52N2O3/c1-13-27(14-2)29(15-20(22(3,4)5)17-31-23(6,7)8)16-21(30)26(32-27)18-24(9,10)28-25(11,12)19-26/h20,28H,13-19H2,1-12H3. The number of hydrogen-bond donors (Lipinski definition) is 1. The van der Waals surface area contributed by atoms with Gasteiger partial charge in [-0.3, -0.25) is 9.69 Å². The van der Waals surface area contributed by atoms with Crippen LogP contribution in [0.2, 0.25) is 0 Å². The molecule has 1 N–H and O–H groups in total. The van der Waals surface area contributed by atoms with Crippen molar-refractivity contribution >= 4 is 5.78 Å². The quantitative estimate of drug-likeness (QED) is 0.572. The van der Waals surface area contributed by atoms with Gasteiger partial charge < -0.3 is 14.8 Å². The van der Waals surface area contributed by atoms with E-state index in [2.05, 4.69) is 93.3 Å². The van der Waals surface area contributed by atoms with Gasteiger partial charge in [-0.25, -0.2) is 0 Å². The Labute approximate surface area is 198 Å². The zero-order valence-electron chi connectivity index (χ0n) is 23.2. The highest BCUT2D eigenvalue weighted by molar-refractivity contribution is 5.90. The topological polar surface area (TPSA) is 50.8 Å². The highest BCUT2D eigenvalue weighted by atomic mass is 16.6. The van der Waals surface area contributed by atoms with E-state index in [9.17, 15) is 4.79 Å². The molecule has 0 aromatic rings. The fourth-order valence-corrected chi connectivity index (χ4v) is 5.98. The van der Waals surface area contributed by atoms with Crippen LogP contribution in [0.3, 0.4) is 0 Å². The van der Waals surface area contributed by atoms with Crippen molar-refractivity contribution in [1.82, 2.24) is 10.2 Å². The molecule has 1 unspecified atom stereocenters. The van der Waals surface area contributed by atoms with Crippen molar-refractivity contribution in [2.75, 3.05) is 19.7 Å². The third-order valence-corrected chi connectivity index (χ3v) is 7.42. The number of piperidine rings is 1. The summed E-state index contributed by atoms with van der Waals surface area (Å²) in [5.74, 6) is 0.535. The number of carbonyl (C=O) groups excluding carboxylic acids is 1. The van der Waals surface area contributed by atoms with Gasteiger partial charge in [0, 0.05) is 30.5 Å². The van der Waals surface area contributed by atoms with Crippen molar-refractivity contribution in [1.29, 1.82) is 0 Å². The number of rotatable bonds is 6. The molecule has 2 fully saturated rings. The lowest BCUT2D eigenvalue weighted by atomic mass is 9.69. The Morgan fingerprint density at radius 3 is 1.91 bits per heavy atom. The minimum atomic E-state index is -0.722. The molecule has 0 aliphatic carbocycles. The van der Waals surface area contributed by atoms with Gasteiger partial charge in [-0.2, -0.15) is 0 Å². The second-order valence-corrected chi connectivity index (χ2v) is 13.8. The van der Waals surface area contributed by atoms with Crippen molar-refractivity contribution in [3.8, 4) is 0 Å². The molecule has 5 nitrogen and oxygen atoms in total. The molecule has 2 rings (SSSR count). The highest BCUT2D eigenvalue weighted by Gasteiger charge is 2.59. The summed E-state index contributed by atoms with van der Waals surface area (Å²) in [5, 5.41) is 3.72. The van der Waals surface area contributed by atoms with Gasteiger partial charge in [-0.05, 0) is 72.6 Å². The summed E-state index contributed by atoms with van der Waals surface area (Å²) in [4.78, 5) is 16.1. The van der Waals surface area contributed by atoms with E-state index >= 15 is 0 Å². The SMILES string of the molecule is CCC1(CC)OC2(CC(C)(C)NC(C)(C)C2)C(=O)CN1CC(COC(C)(C)C)C(C)(C)C. The zero-order valence-corrected chi connectivity index (χ0v) is 23.2. The molecule has 0 aromatic heterocycles. The minimum Gasteiger partial charge on any atom is -0.376 e. The van der Waals surface area contributed by atoms with Gasteiger partial charge in [0.15, 0.2) is 5.78 Å². The molecule has 2 heterocycles. The number of ether oxygens (including phenoxy) is 2. The third kappa shape index (κ3) is 6.34. The first-order chi connectivity index (χ1) is 14.3. The number of nitrogens with one attached hydrogen (secondary N) is 1. The molecule has 0 bridgehead atoms. The van der Waals surface area contributed by atoms with Crippen LogP contribution in [0.25, 0.3) is 0 Å². The molecule has 2 aliphatic rings. The van der Waals surface area contributed by atoms with Crippen molar-refractivity contribution in [3.05, 3.63) is 0 Å². The summed E-state index contributed by atoms with van der Waals surface area (Å²) < 4.78 is 13.3. The van der Waals surface area contributed by atoms with E-state index in [0.717, 1.165) is 19.4 Å². The van der Waals surface area contributed by atoms with Gasteiger partial charge in [-0.15, -0.1) is 0 Å². The maximum Gasteiger partial charge on any atom is 0.178 e. The van der Waals surface area contributed by atoms with Gasteiger partial charge in [0.2, 0.25) is 0 Å². The van der Waals surface area contributed by atoms with E-state index in [-0.39, 0.29) is 27.9 Å². The Balaban J connectivity index is 2.37. The van der Waals surface area contributed by atoms with Gasteiger partial charge in [0.25, 0.3) is 0 Å². The number of carbonyl (C=O) groups is 1. The molecule has 0 aromatic carbocycles. The van der Waals surface area contributed by atoms with E-state index < -0.39 is 11.3 Å². The summed E-state index contributed by atoms with van der Waals surface area (Å²) in [5.41, 5.74) is -1.57. The number of nitrogens with zero attached hydrogens (tertiary/aromatic N) is 1. The zero-order chi connectivity index (χ0) is 24.8. The van der Waals surface area contributed by atoms with E-state index in [1.807, 2.05) is 0 Å². The third-order valence-electron chi connectivity index (χ3n) is 7.42. The summed E-state index contributed by atoms with van der Waals surface area (Å²) in [6.07, 6.45) is 3.16. The number of hydrogen-bond acceptors (Lipinski definition) is 5. The first kappa shape index (κ1) is 27.8. The molecule has 0 radical (unpaired) electrons. The first-order valence-electron chi connectivity index (χ1n) is 12.7. The molecule has 0 saturated carbocycles. The maximum absolute atomic E-state index is 13.8. The second kappa shape index (κ2) is 8.94. The Morgan fingerprint density at radius 2 is 1.50 bits per heavy atom. The van der Waals surface area contributed by atoms with Crippen LogP contribution >= 0.6 is 0 Å². The summed E-state index contributed by atoms with van der Waals surface area (Å²) in [6, 6.07) is 0. The highest BCUT2D eigenvalue weighted by Crippen LogP contribution is 2.47. The normalized spacial score (nSPS) is 26.3. The van der Waals surface area contributed by atoms with Crippen LogP contribution < -0.4 is 5.32 Å². The average molecular weight is 453 g/mol. The van der Waals surface area contributed by atoms with Crippen molar-refractivity contribution < 1.29 is 14.3 Å². The van der Waals surface area contributed by atoms with Crippen molar-refractivity contribution in [3.63, 3.8) is 0 Å². The Bertz CT molecular complexity index is 649. The summed E-state index contributed by atoms with van der Waals surface area (Å²) in [7, 11) is 0. The Hall–Kier alpha value is -0.490. The minimum absolute atomic E-state index is 0.0649. The van der Waals surface area contributed by atoms with Crippen LogP contribution in [0, 0.1) is 11.3 Å². The molecular weight excluding hydrogens is 400 g/mol. The molecule has 32 heavy (non-hydrogen) atoms. The fraction of sp³-hybridized carbons (Fsp3) is 0.963. The van der Waals surface area contributed by atoms with E-state index in [1.54, 1.807) is 0 Å². The van der Waals surface area contributed by atoms with Crippen LogP contribution in [0.5, 0.6) is 0 Å². The van der Waals surface area contributed by atoms with Crippen LogP contribution in [0.1, 0.15) is 109 Å². The number of Topliss-reactive ketones (excluding diaryl/α,β-unsaturated/α-hetero) is 1. The van der Waals surface area contributed by atoms with Crippen LogP contribution in [0.15, 0.2) is 0 Å². The molecular formula is C27H52N2O3. The largest absolute Gasteiger partial charge is 0.376 e. The fourth-order valence-electron chi connectivity index (χ4n) is 5.98. The smallest absolute Gasteiger partial charge is 0.178 e. The van der Waals surface area contributed by atoms with Gasteiger partial charge >= 0.3 is 0 Å². The lowest BCUT2D eigenvalue weighted by molar-refractivity contribution is -0.271. The molecule has 2 saturated heterocycles. The van der Waals surface area contributed by atoms with Gasteiger partial charge in [0.1, 0.15) is 11.3 Å². The Kier molecular flexibility index (Phi) is 7.75. The Morgan fingerprint density at radius 1 is 1.00 bits per heavy atom. The van der Waals surface area contributed by atoms with Crippen molar-refractivity contribution in [2.45, 2.75) is 137 Å². The lowest BCUT2D eigenvalue weighted by Crippen LogP contribution is -2.73. The second-order valence-electron chi connectivity index (χ2n) is 13.8. The molecule has 5 heteroatoms. The molecule has 1 spiro atoms. The van der Waals surface area contributed by atoms with E-state index in [0.29, 0.717) is 31.9 Å². The maximum atomic E-state index is 13.8. The molecule has 0 amide bonds. The van der Waals surface area contributed by atoms with Gasteiger partial charge in [-0.1, -0.05) is 34.6 Å².